The molecule has 0 saturated carbocycles. The van der Waals surface area contributed by atoms with Crippen molar-refractivity contribution in [2.45, 2.75) is 6.18 Å². The number of aliphatic carboxylic acids is 1. The third-order valence-electron chi connectivity index (χ3n) is 1.37. The lowest BCUT2D eigenvalue weighted by Crippen LogP contribution is -2.39. The maximum absolute atomic E-state index is 10.6. The molecular weight excluding hydrogens is 279 g/mol. The molecule has 0 aromatic carbocycles. The predicted molar refractivity (Wildman–Crippen MR) is 57.4 cm³/mol. The van der Waals surface area contributed by atoms with Crippen LogP contribution >= 0.6 is 0 Å². The molecule has 1 heterocycles. The van der Waals surface area contributed by atoms with Crippen LogP contribution in [0, 0.1) is 0 Å². The fourth-order valence-electron chi connectivity index (χ4n) is 0.604. The minimum Gasteiger partial charge on any atom is -0.760 e. The Balaban J connectivity index is 0. The van der Waals surface area contributed by atoms with Gasteiger partial charge in [0.2, 0.25) is 0 Å². The van der Waals surface area contributed by atoms with E-state index in [0.29, 0.717) is 0 Å². The van der Waals surface area contributed by atoms with E-state index in [0.717, 1.165) is 26.2 Å². The van der Waals surface area contributed by atoms with E-state index in [1.807, 2.05) is 4.72 Å². The Morgan fingerprint density at radius 1 is 1.28 bits per heavy atom. The van der Waals surface area contributed by atoms with Gasteiger partial charge < -0.3 is 20.3 Å². The summed E-state index contributed by atoms with van der Waals surface area (Å²) in [6, 6.07) is 0. The van der Waals surface area contributed by atoms with Crippen LogP contribution in [-0.2, 0) is 16.1 Å². The topological polar surface area (TPSA) is 114 Å². The fraction of sp³-hybridized carbons (Fsp3) is 0.857. The molecule has 0 aliphatic carbocycles. The van der Waals surface area contributed by atoms with E-state index in [1.54, 1.807) is 0 Å². The lowest BCUT2D eigenvalue weighted by atomic mass is 10.4. The highest BCUT2D eigenvalue weighted by molar-refractivity contribution is 7.77. The van der Waals surface area contributed by atoms with Gasteiger partial charge >= 0.3 is 12.1 Å². The van der Waals surface area contributed by atoms with Crippen molar-refractivity contribution in [2.75, 3.05) is 33.2 Å². The SMILES string of the molecule is C1CNCCN1.CNS(=O)[O-].O=C(O)C(F)(F)F. The van der Waals surface area contributed by atoms with Gasteiger partial charge in [0.25, 0.3) is 0 Å². The highest BCUT2D eigenvalue weighted by Gasteiger charge is 2.38. The van der Waals surface area contributed by atoms with E-state index in [-0.39, 0.29) is 0 Å². The molecule has 1 aliphatic rings. The lowest BCUT2D eigenvalue weighted by molar-refractivity contribution is -0.192. The maximum Gasteiger partial charge on any atom is 0.490 e. The molecule has 0 aromatic heterocycles. The number of alkyl halides is 3. The van der Waals surface area contributed by atoms with Crippen LogP contribution in [-0.4, -0.2) is 59.2 Å². The second-order valence-corrected chi connectivity index (χ2v) is 3.62. The van der Waals surface area contributed by atoms with Crippen LogP contribution in [0.1, 0.15) is 0 Å². The standard InChI is InChI=1S/C4H10N2.C2HF3O2.CH5NO2S/c1-2-6-4-3-5-1;3-2(4,5)1(6)7;1-2-5(3)4/h5-6H,1-4H2;(H,6,7);2H,1H3,(H,3,4)/p-1. The molecule has 1 fully saturated rings. The summed E-state index contributed by atoms with van der Waals surface area (Å²) in [6.07, 6.45) is -5.08. The average Bonchev–Trinajstić information content (AvgIpc) is 2.31. The van der Waals surface area contributed by atoms with Crippen LogP contribution in [0.4, 0.5) is 13.2 Å². The molecule has 1 atom stereocenters. The molecular formula is C7H15F3N3O4S-. The van der Waals surface area contributed by atoms with Crippen LogP contribution in [0.3, 0.4) is 0 Å². The molecule has 0 aromatic rings. The quantitative estimate of drug-likeness (QED) is 0.452. The summed E-state index contributed by atoms with van der Waals surface area (Å²) in [5, 5.41) is 13.6. The highest BCUT2D eigenvalue weighted by Crippen LogP contribution is 2.13. The number of halogens is 3. The van der Waals surface area contributed by atoms with E-state index in [1.165, 1.54) is 7.05 Å². The zero-order valence-corrected chi connectivity index (χ0v) is 10.4. The van der Waals surface area contributed by atoms with E-state index in [2.05, 4.69) is 10.6 Å². The van der Waals surface area contributed by atoms with E-state index in [9.17, 15) is 21.9 Å². The van der Waals surface area contributed by atoms with Crippen LogP contribution in [0.15, 0.2) is 0 Å². The number of piperazine rings is 1. The van der Waals surface area contributed by atoms with Gasteiger partial charge in [0.15, 0.2) is 0 Å². The maximum atomic E-state index is 10.6. The first-order valence-electron chi connectivity index (χ1n) is 4.70. The molecule has 11 heteroatoms. The monoisotopic (exact) mass is 294 g/mol. The Hall–Kier alpha value is -0.750. The van der Waals surface area contributed by atoms with Crippen LogP contribution in [0.2, 0.25) is 0 Å². The van der Waals surface area contributed by atoms with Gasteiger partial charge in [-0.2, -0.15) is 13.2 Å². The van der Waals surface area contributed by atoms with Gasteiger partial charge in [0, 0.05) is 37.4 Å². The third-order valence-corrected chi connectivity index (χ3v) is 1.70. The van der Waals surface area contributed by atoms with Crippen molar-refractivity contribution < 1.29 is 31.8 Å². The zero-order chi connectivity index (χ0) is 14.6. The summed E-state index contributed by atoms with van der Waals surface area (Å²) >= 11 is -2.07. The molecule has 1 saturated heterocycles. The normalized spacial score (nSPS) is 16.5. The number of rotatable bonds is 1. The van der Waals surface area contributed by atoms with Crippen molar-refractivity contribution in [1.82, 2.24) is 15.4 Å². The van der Waals surface area contributed by atoms with E-state index in [4.69, 9.17) is 9.90 Å². The number of carboxylic acids is 1. The molecule has 1 unspecified atom stereocenters. The second-order valence-electron chi connectivity index (χ2n) is 2.74. The molecule has 0 amide bonds. The fourth-order valence-corrected chi connectivity index (χ4v) is 0.604. The van der Waals surface area contributed by atoms with Gasteiger partial charge in [-0.1, -0.05) is 0 Å². The summed E-state index contributed by atoms with van der Waals surface area (Å²) in [5.41, 5.74) is 0. The third kappa shape index (κ3) is 17.6. The van der Waals surface area contributed by atoms with E-state index < -0.39 is 23.4 Å². The van der Waals surface area contributed by atoms with E-state index >= 15 is 0 Å². The molecule has 18 heavy (non-hydrogen) atoms. The molecule has 110 valence electrons. The predicted octanol–water partition coefficient (Wildman–Crippen LogP) is -1.19. The number of carbonyl (C=O) groups is 1. The minimum atomic E-state index is -5.08. The average molecular weight is 294 g/mol. The zero-order valence-electron chi connectivity index (χ0n) is 9.54. The highest BCUT2D eigenvalue weighted by atomic mass is 32.2. The number of hydrogen-bond donors (Lipinski definition) is 4. The van der Waals surface area contributed by atoms with Gasteiger partial charge in [0.05, 0.1) is 0 Å². The lowest BCUT2D eigenvalue weighted by Gasteiger charge is -2.11. The van der Waals surface area contributed by atoms with Crippen molar-refractivity contribution in [1.29, 1.82) is 0 Å². The van der Waals surface area contributed by atoms with Gasteiger partial charge in [-0.3, -0.25) is 8.93 Å². The van der Waals surface area contributed by atoms with Crippen molar-refractivity contribution in [3.8, 4) is 0 Å². The van der Waals surface area contributed by atoms with Gasteiger partial charge in [-0.15, -0.1) is 0 Å². The molecule has 4 N–H and O–H groups in total. The molecule has 0 bridgehead atoms. The summed E-state index contributed by atoms with van der Waals surface area (Å²) in [4.78, 5) is 8.90. The van der Waals surface area contributed by atoms with Crippen molar-refractivity contribution in [3.63, 3.8) is 0 Å². The van der Waals surface area contributed by atoms with Gasteiger partial charge in [-0.25, -0.2) is 4.79 Å². The van der Waals surface area contributed by atoms with Crippen molar-refractivity contribution >= 4 is 17.2 Å². The molecule has 1 rings (SSSR count). The summed E-state index contributed by atoms with van der Waals surface area (Å²) in [6.45, 7) is 4.56. The first-order valence-corrected chi connectivity index (χ1v) is 5.77. The van der Waals surface area contributed by atoms with Gasteiger partial charge in [-0.05, 0) is 7.05 Å². The van der Waals surface area contributed by atoms with Gasteiger partial charge in [0.1, 0.15) is 0 Å². The second kappa shape index (κ2) is 11.3. The summed E-state index contributed by atoms with van der Waals surface area (Å²) < 4.78 is 52.2. The molecule has 7 nitrogen and oxygen atoms in total. The largest absolute Gasteiger partial charge is 0.760 e. The number of hydrogen-bond acceptors (Lipinski definition) is 5. The first-order chi connectivity index (χ1) is 8.21. The van der Waals surface area contributed by atoms with Crippen molar-refractivity contribution in [2.24, 2.45) is 0 Å². The minimum absolute atomic E-state index is 1.14. The van der Waals surface area contributed by atoms with Crippen molar-refractivity contribution in [3.05, 3.63) is 0 Å². The Labute approximate surface area is 105 Å². The molecule has 1 aliphatic heterocycles. The Morgan fingerprint density at radius 2 is 1.50 bits per heavy atom. The number of nitrogens with one attached hydrogen (secondary N) is 3. The van der Waals surface area contributed by atoms with Crippen LogP contribution in [0.25, 0.3) is 0 Å². The first kappa shape index (κ1) is 19.6. The Morgan fingerprint density at radius 3 is 1.56 bits per heavy atom. The molecule has 0 spiro atoms. The Bertz CT molecular complexity index is 237. The van der Waals surface area contributed by atoms with Crippen LogP contribution in [0.5, 0.6) is 0 Å². The Kier molecular flexibility index (Phi) is 12.3. The van der Waals surface area contributed by atoms with Crippen LogP contribution < -0.4 is 15.4 Å². The summed E-state index contributed by atoms with van der Waals surface area (Å²) in [7, 11) is 1.34. The molecule has 0 radical (unpaired) electrons. The smallest absolute Gasteiger partial charge is 0.490 e. The summed E-state index contributed by atoms with van der Waals surface area (Å²) in [5.74, 6) is -2.76. The number of carboxylic acid groups (broad SMARTS) is 1.